The van der Waals surface area contributed by atoms with Crippen LogP contribution in [0.25, 0.3) is 0 Å². The second-order valence-corrected chi connectivity index (χ2v) is 4.65. The largest absolute Gasteiger partial charge is 0.493 e. The third-order valence-electron chi connectivity index (χ3n) is 3.00. The van der Waals surface area contributed by atoms with Gasteiger partial charge >= 0.3 is 0 Å². The number of ether oxygens (including phenoxy) is 1. The molecule has 1 aromatic heterocycles. The van der Waals surface area contributed by atoms with E-state index in [1.807, 2.05) is 12.1 Å². The fourth-order valence-electron chi connectivity index (χ4n) is 2.13. The summed E-state index contributed by atoms with van der Waals surface area (Å²) in [7, 11) is 0. The summed E-state index contributed by atoms with van der Waals surface area (Å²) in [5.74, 6) is 0.944. The highest BCUT2D eigenvalue weighted by molar-refractivity contribution is 6.99. The van der Waals surface area contributed by atoms with Gasteiger partial charge in [0.1, 0.15) is 5.75 Å². The monoisotopic (exact) mass is 247 g/mol. The molecule has 4 nitrogen and oxygen atoms in total. The number of rotatable bonds is 2. The number of aromatic nitrogens is 2. The van der Waals surface area contributed by atoms with Crippen molar-refractivity contribution in [3.8, 4) is 5.75 Å². The van der Waals surface area contributed by atoms with Crippen LogP contribution in [0.4, 0.5) is 0 Å². The minimum atomic E-state index is -0.248. The summed E-state index contributed by atoms with van der Waals surface area (Å²) in [6.45, 7) is 0.770. The number of aryl methyl sites for hydroxylation is 1. The van der Waals surface area contributed by atoms with Crippen LogP contribution in [0.5, 0.6) is 5.75 Å². The van der Waals surface area contributed by atoms with Crippen LogP contribution in [0.2, 0.25) is 0 Å². The van der Waals surface area contributed by atoms with Gasteiger partial charge in [-0.3, -0.25) is 0 Å². The molecule has 1 atom stereocenters. The van der Waals surface area contributed by atoms with Crippen LogP contribution in [-0.4, -0.2) is 15.4 Å². The fraction of sp³-hybridized carbons (Fsp3) is 0.333. The smallest absolute Gasteiger partial charge is 0.127 e. The highest BCUT2D eigenvalue weighted by Gasteiger charge is 2.20. The lowest BCUT2D eigenvalue weighted by Gasteiger charge is -2.22. The van der Waals surface area contributed by atoms with Crippen molar-refractivity contribution < 1.29 is 4.74 Å². The van der Waals surface area contributed by atoms with E-state index in [9.17, 15) is 0 Å². The molecule has 1 aliphatic rings. The Balaban J connectivity index is 2.03. The van der Waals surface area contributed by atoms with Gasteiger partial charge < -0.3 is 10.5 Å². The van der Waals surface area contributed by atoms with E-state index >= 15 is 0 Å². The van der Waals surface area contributed by atoms with Gasteiger partial charge in [0.05, 0.1) is 36.3 Å². The van der Waals surface area contributed by atoms with E-state index < -0.39 is 0 Å². The standard InChI is InChI=1S/C12H13N3OS/c13-11(10-7-14-17-15-10)9-5-1-3-8-4-2-6-16-12(8)9/h1,3,5,7,11H,2,4,6,13H2. The maximum Gasteiger partial charge on any atom is 0.127 e. The molecule has 0 fully saturated rings. The van der Waals surface area contributed by atoms with Crippen LogP contribution in [0.15, 0.2) is 24.4 Å². The Kier molecular flexibility index (Phi) is 2.78. The fourth-order valence-corrected chi connectivity index (χ4v) is 2.58. The first-order valence-corrected chi connectivity index (χ1v) is 6.37. The van der Waals surface area contributed by atoms with Gasteiger partial charge in [0, 0.05) is 5.56 Å². The van der Waals surface area contributed by atoms with Gasteiger partial charge in [0.15, 0.2) is 0 Å². The van der Waals surface area contributed by atoms with E-state index in [1.54, 1.807) is 6.20 Å². The van der Waals surface area contributed by atoms with Gasteiger partial charge in [0.25, 0.3) is 0 Å². The zero-order valence-electron chi connectivity index (χ0n) is 9.30. The van der Waals surface area contributed by atoms with E-state index in [2.05, 4.69) is 14.8 Å². The zero-order chi connectivity index (χ0) is 11.7. The second kappa shape index (κ2) is 4.43. The van der Waals surface area contributed by atoms with Crippen LogP contribution in [-0.2, 0) is 6.42 Å². The Bertz CT molecular complexity index is 512. The Morgan fingerprint density at radius 1 is 1.41 bits per heavy atom. The van der Waals surface area contributed by atoms with Gasteiger partial charge in [-0.05, 0) is 18.4 Å². The number of hydrogen-bond acceptors (Lipinski definition) is 5. The van der Waals surface area contributed by atoms with Crippen molar-refractivity contribution in [1.82, 2.24) is 8.75 Å². The van der Waals surface area contributed by atoms with Crippen molar-refractivity contribution in [2.75, 3.05) is 6.61 Å². The number of fused-ring (bicyclic) bond motifs is 1. The van der Waals surface area contributed by atoms with Crippen molar-refractivity contribution in [3.63, 3.8) is 0 Å². The quantitative estimate of drug-likeness (QED) is 0.880. The van der Waals surface area contributed by atoms with Gasteiger partial charge in [0.2, 0.25) is 0 Å². The molecule has 0 radical (unpaired) electrons. The van der Waals surface area contributed by atoms with Crippen LogP contribution in [0, 0.1) is 0 Å². The second-order valence-electron chi connectivity index (χ2n) is 4.10. The molecule has 1 aliphatic heterocycles. The van der Waals surface area contributed by atoms with Crippen molar-refractivity contribution >= 4 is 11.7 Å². The molecule has 0 spiro atoms. The summed E-state index contributed by atoms with van der Waals surface area (Å²) in [5.41, 5.74) is 9.26. The maximum atomic E-state index is 6.21. The van der Waals surface area contributed by atoms with Gasteiger partial charge in [-0.1, -0.05) is 18.2 Å². The van der Waals surface area contributed by atoms with Gasteiger partial charge in [-0.25, -0.2) is 0 Å². The van der Waals surface area contributed by atoms with Gasteiger partial charge in [-0.2, -0.15) is 8.75 Å². The molecule has 0 bridgehead atoms. The Hall–Kier alpha value is -1.46. The van der Waals surface area contributed by atoms with Crippen LogP contribution < -0.4 is 10.5 Å². The summed E-state index contributed by atoms with van der Waals surface area (Å²) in [6, 6.07) is 5.89. The average molecular weight is 247 g/mol. The molecular weight excluding hydrogens is 234 g/mol. The van der Waals surface area contributed by atoms with E-state index in [0.29, 0.717) is 0 Å². The van der Waals surface area contributed by atoms with Gasteiger partial charge in [-0.15, -0.1) is 0 Å². The molecule has 2 heterocycles. The number of benzene rings is 1. The molecule has 0 saturated carbocycles. The predicted octanol–water partition coefficient (Wildman–Crippen LogP) is 1.91. The summed E-state index contributed by atoms with van der Waals surface area (Å²) in [6.07, 6.45) is 3.85. The van der Waals surface area contributed by atoms with Crippen molar-refractivity contribution in [1.29, 1.82) is 0 Å². The third-order valence-corrected chi connectivity index (χ3v) is 3.49. The topological polar surface area (TPSA) is 61.0 Å². The molecule has 1 unspecified atom stereocenters. The lowest BCUT2D eigenvalue weighted by atomic mass is 9.97. The number of hydrogen-bond donors (Lipinski definition) is 1. The molecule has 0 amide bonds. The SMILES string of the molecule is NC(c1cnsn1)c1cccc2c1OCCC2. The molecule has 2 aromatic rings. The number of nitrogens with two attached hydrogens (primary N) is 1. The normalized spacial score (nSPS) is 16.1. The lowest BCUT2D eigenvalue weighted by Crippen LogP contribution is -2.17. The van der Waals surface area contributed by atoms with Crippen LogP contribution in [0.3, 0.4) is 0 Å². The molecule has 2 N–H and O–H groups in total. The molecule has 3 rings (SSSR count). The van der Waals surface area contributed by atoms with E-state index in [0.717, 1.165) is 36.5 Å². The minimum Gasteiger partial charge on any atom is -0.493 e. The van der Waals surface area contributed by atoms with E-state index in [-0.39, 0.29) is 6.04 Å². The average Bonchev–Trinajstić information content (AvgIpc) is 2.91. The Morgan fingerprint density at radius 2 is 2.35 bits per heavy atom. The minimum absolute atomic E-state index is 0.248. The van der Waals surface area contributed by atoms with E-state index in [4.69, 9.17) is 10.5 Å². The molecule has 0 aliphatic carbocycles. The summed E-state index contributed by atoms with van der Waals surface area (Å²) in [5, 5.41) is 0. The van der Waals surface area contributed by atoms with Crippen LogP contribution >= 0.6 is 11.7 Å². The molecule has 88 valence electrons. The Morgan fingerprint density at radius 3 is 3.18 bits per heavy atom. The number of nitrogens with zero attached hydrogens (tertiary/aromatic N) is 2. The van der Waals surface area contributed by atoms with Crippen molar-refractivity contribution in [2.24, 2.45) is 5.73 Å². The summed E-state index contributed by atoms with van der Waals surface area (Å²) in [4.78, 5) is 0. The molecule has 5 heteroatoms. The summed E-state index contributed by atoms with van der Waals surface area (Å²) >= 11 is 1.18. The first kappa shape index (κ1) is 10.7. The van der Waals surface area contributed by atoms with Crippen molar-refractivity contribution in [3.05, 3.63) is 41.2 Å². The summed E-state index contributed by atoms with van der Waals surface area (Å²) < 4.78 is 13.9. The maximum absolute atomic E-state index is 6.21. The van der Waals surface area contributed by atoms with Crippen molar-refractivity contribution in [2.45, 2.75) is 18.9 Å². The molecule has 1 aromatic carbocycles. The third kappa shape index (κ3) is 1.92. The van der Waals surface area contributed by atoms with E-state index in [1.165, 1.54) is 17.3 Å². The highest BCUT2D eigenvalue weighted by Crippen LogP contribution is 2.33. The first-order chi connectivity index (χ1) is 8.36. The molecule has 0 saturated heterocycles. The zero-order valence-corrected chi connectivity index (χ0v) is 10.1. The predicted molar refractivity (Wildman–Crippen MR) is 66.2 cm³/mol. The highest BCUT2D eigenvalue weighted by atomic mass is 32.1. The molecule has 17 heavy (non-hydrogen) atoms. The lowest BCUT2D eigenvalue weighted by molar-refractivity contribution is 0.284. The first-order valence-electron chi connectivity index (χ1n) is 5.64. The van der Waals surface area contributed by atoms with Crippen LogP contribution in [0.1, 0.15) is 29.3 Å². The number of para-hydroxylation sites is 1. The molecular formula is C12H13N3OS. The Labute approximate surface area is 104 Å².